The first-order valence-electron chi connectivity index (χ1n) is 11.0. The highest BCUT2D eigenvalue weighted by atomic mass is 32.2. The van der Waals surface area contributed by atoms with Gasteiger partial charge in [0.2, 0.25) is 0 Å². The van der Waals surface area contributed by atoms with Gasteiger partial charge in [-0.15, -0.1) is 0 Å². The van der Waals surface area contributed by atoms with Gasteiger partial charge in [-0.3, -0.25) is 9.69 Å². The average Bonchev–Trinajstić information content (AvgIpc) is 3.10. The van der Waals surface area contributed by atoms with Gasteiger partial charge in [0.05, 0.1) is 18.6 Å². The summed E-state index contributed by atoms with van der Waals surface area (Å²) < 4.78 is 16.9. The number of thioether (sulfide) groups is 1. The Balaban J connectivity index is 1.73. The lowest BCUT2D eigenvalue weighted by Gasteiger charge is -2.13. The van der Waals surface area contributed by atoms with Crippen molar-refractivity contribution in [3.8, 4) is 17.2 Å². The van der Waals surface area contributed by atoms with Crippen molar-refractivity contribution in [3.63, 3.8) is 0 Å². The Kier molecular flexibility index (Phi) is 9.30. The Labute approximate surface area is 209 Å². The third-order valence-corrected chi connectivity index (χ3v) is 6.29. The Morgan fingerprint density at radius 2 is 1.82 bits per heavy atom. The standard InChI is InChI=1S/C26H27NO5S2/c1-4-6-15-27-25(29)23(34-26(27)33)17-19-9-13-21(22(16-19)31-5-2)32-24(28)14-10-18-7-11-20(30-3)12-8-18/h7-14,16-17H,4-6,15H2,1-3H3/b14-10+,23-17-. The van der Waals surface area contributed by atoms with Gasteiger partial charge in [0.1, 0.15) is 10.1 Å². The number of hydrogen-bond donors (Lipinski definition) is 0. The summed E-state index contributed by atoms with van der Waals surface area (Å²) in [5.74, 6) is 0.856. The van der Waals surface area contributed by atoms with Crippen molar-refractivity contribution >= 4 is 52.3 Å². The summed E-state index contributed by atoms with van der Waals surface area (Å²) in [5.41, 5.74) is 1.60. The van der Waals surface area contributed by atoms with Gasteiger partial charge in [-0.25, -0.2) is 4.79 Å². The topological polar surface area (TPSA) is 65.1 Å². The van der Waals surface area contributed by atoms with Crippen LogP contribution in [0.4, 0.5) is 0 Å². The molecule has 0 bridgehead atoms. The molecule has 3 rings (SSSR count). The Morgan fingerprint density at radius 3 is 2.50 bits per heavy atom. The Bertz CT molecular complexity index is 1110. The maximum atomic E-state index is 12.7. The van der Waals surface area contributed by atoms with Crippen LogP contribution in [0.1, 0.15) is 37.8 Å². The van der Waals surface area contributed by atoms with E-state index in [-0.39, 0.29) is 5.91 Å². The normalized spacial score (nSPS) is 14.8. The number of benzene rings is 2. The van der Waals surface area contributed by atoms with Crippen LogP contribution in [-0.2, 0) is 9.59 Å². The molecule has 178 valence electrons. The zero-order valence-corrected chi connectivity index (χ0v) is 21.0. The van der Waals surface area contributed by atoms with Gasteiger partial charge in [-0.1, -0.05) is 55.5 Å². The minimum atomic E-state index is -0.527. The van der Waals surface area contributed by atoms with Gasteiger partial charge in [-0.2, -0.15) is 0 Å². The molecule has 0 aromatic heterocycles. The van der Waals surface area contributed by atoms with Gasteiger partial charge < -0.3 is 14.2 Å². The maximum Gasteiger partial charge on any atom is 0.336 e. The number of carbonyl (C=O) groups is 2. The summed E-state index contributed by atoms with van der Waals surface area (Å²) >= 11 is 6.66. The van der Waals surface area contributed by atoms with E-state index in [0.29, 0.717) is 33.9 Å². The second-order valence-corrected chi connectivity index (χ2v) is 9.03. The Hall–Kier alpha value is -3.10. The maximum absolute atomic E-state index is 12.7. The van der Waals surface area contributed by atoms with E-state index in [1.54, 1.807) is 42.4 Å². The van der Waals surface area contributed by atoms with Crippen molar-refractivity contribution in [2.45, 2.75) is 26.7 Å². The molecule has 0 atom stereocenters. The van der Waals surface area contributed by atoms with Crippen molar-refractivity contribution in [2.24, 2.45) is 0 Å². The monoisotopic (exact) mass is 497 g/mol. The van der Waals surface area contributed by atoms with E-state index >= 15 is 0 Å². The largest absolute Gasteiger partial charge is 0.497 e. The van der Waals surface area contributed by atoms with E-state index in [2.05, 4.69) is 6.92 Å². The fourth-order valence-electron chi connectivity index (χ4n) is 3.15. The quantitative estimate of drug-likeness (QED) is 0.180. The van der Waals surface area contributed by atoms with E-state index in [9.17, 15) is 9.59 Å². The number of rotatable bonds is 10. The van der Waals surface area contributed by atoms with Crippen LogP contribution in [0.3, 0.4) is 0 Å². The molecule has 1 amide bonds. The molecule has 1 aliphatic heterocycles. The molecule has 1 saturated heterocycles. The highest BCUT2D eigenvalue weighted by molar-refractivity contribution is 8.26. The minimum Gasteiger partial charge on any atom is -0.497 e. The number of esters is 1. The SMILES string of the molecule is CCCCN1C(=O)/C(=C/c2ccc(OC(=O)/C=C/c3ccc(OC)cc3)c(OCC)c2)SC1=S. The smallest absolute Gasteiger partial charge is 0.336 e. The third-order valence-electron chi connectivity index (χ3n) is 4.91. The lowest BCUT2D eigenvalue weighted by Crippen LogP contribution is -2.28. The highest BCUT2D eigenvalue weighted by Crippen LogP contribution is 2.35. The summed E-state index contributed by atoms with van der Waals surface area (Å²) in [7, 11) is 1.60. The molecule has 8 heteroatoms. The molecule has 0 spiro atoms. The first-order valence-corrected chi connectivity index (χ1v) is 12.2. The van der Waals surface area contributed by atoms with Crippen LogP contribution in [0.5, 0.6) is 17.2 Å². The molecular formula is C26H27NO5S2. The first kappa shape index (κ1) is 25.5. The second-order valence-electron chi connectivity index (χ2n) is 7.35. The molecule has 34 heavy (non-hydrogen) atoms. The number of methoxy groups -OCH3 is 1. The summed E-state index contributed by atoms with van der Waals surface area (Å²) in [4.78, 5) is 27.3. The predicted octanol–water partition coefficient (Wildman–Crippen LogP) is 5.71. The number of hydrogen-bond acceptors (Lipinski definition) is 7. The second kappa shape index (κ2) is 12.4. The van der Waals surface area contributed by atoms with E-state index in [4.69, 9.17) is 26.4 Å². The van der Waals surface area contributed by atoms with Crippen LogP contribution >= 0.6 is 24.0 Å². The Morgan fingerprint density at radius 1 is 1.09 bits per heavy atom. The number of carbonyl (C=O) groups excluding carboxylic acids is 2. The van der Waals surface area contributed by atoms with Gasteiger partial charge in [-0.05, 0) is 60.9 Å². The molecule has 1 heterocycles. The molecular weight excluding hydrogens is 470 g/mol. The minimum absolute atomic E-state index is 0.0828. The van der Waals surface area contributed by atoms with Crippen LogP contribution in [0.2, 0.25) is 0 Å². The molecule has 0 aliphatic carbocycles. The van der Waals surface area contributed by atoms with Crippen molar-refractivity contribution in [2.75, 3.05) is 20.3 Å². The van der Waals surface area contributed by atoms with E-state index in [0.717, 1.165) is 29.7 Å². The van der Waals surface area contributed by atoms with E-state index in [1.165, 1.54) is 17.8 Å². The zero-order chi connectivity index (χ0) is 24.5. The number of thiocarbonyl (C=S) groups is 1. The zero-order valence-electron chi connectivity index (χ0n) is 19.4. The molecule has 1 fully saturated rings. The average molecular weight is 498 g/mol. The van der Waals surface area contributed by atoms with Gasteiger partial charge in [0, 0.05) is 12.6 Å². The van der Waals surface area contributed by atoms with Crippen LogP contribution in [0.15, 0.2) is 53.4 Å². The summed E-state index contributed by atoms with van der Waals surface area (Å²) in [5, 5.41) is 0. The molecule has 6 nitrogen and oxygen atoms in total. The van der Waals surface area contributed by atoms with Crippen LogP contribution in [0.25, 0.3) is 12.2 Å². The number of ether oxygens (including phenoxy) is 3. The molecule has 0 radical (unpaired) electrons. The molecule has 0 saturated carbocycles. The van der Waals surface area contributed by atoms with Crippen LogP contribution < -0.4 is 14.2 Å². The first-order chi connectivity index (χ1) is 16.4. The van der Waals surface area contributed by atoms with Gasteiger partial charge in [0.15, 0.2) is 11.5 Å². The van der Waals surface area contributed by atoms with Crippen molar-refractivity contribution in [3.05, 3.63) is 64.6 Å². The lowest BCUT2D eigenvalue weighted by atomic mass is 10.1. The van der Waals surface area contributed by atoms with E-state index in [1.807, 2.05) is 31.2 Å². The van der Waals surface area contributed by atoms with Crippen molar-refractivity contribution in [1.29, 1.82) is 0 Å². The summed E-state index contributed by atoms with van der Waals surface area (Å²) in [6.45, 7) is 4.95. The molecule has 0 N–H and O–H groups in total. The number of nitrogens with zero attached hydrogens (tertiary/aromatic N) is 1. The number of amides is 1. The number of unbranched alkanes of at least 4 members (excludes halogenated alkanes) is 1. The van der Waals surface area contributed by atoms with Crippen LogP contribution in [-0.4, -0.2) is 41.4 Å². The molecule has 2 aromatic rings. The predicted molar refractivity (Wildman–Crippen MR) is 140 cm³/mol. The fraction of sp³-hybridized carbons (Fsp3) is 0.269. The summed E-state index contributed by atoms with van der Waals surface area (Å²) in [6.07, 6.45) is 6.69. The summed E-state index contributed by atoms with van der Waals surface area (Å²) in [6, 6.07) is 12.5. The highest BCUT2D eigenvalue weighted by Gasteiger charge is 2.31. The molecule has 2 aromatic carbocycles. The molecule has 1 aliphatic rings. The molecule has 0 unspecified atom stereocenters. The fourth-order valence-corrected chi connectivity index (χ4v) is 4.46. The van der Waals surface area contributed by atoms with Gasteiger partial charge >= 0.3 is 5.97 Å². The van der Waals surface area contributed by atoms with Gasteiger partial charge in [0.25, 0.3) is 5.91 Å². The van der Waals surface area contributed by atoms with Crippen molar-refractivity contribution < 1.29 is 23.8 Å². The van der Waals surface area contributed by atoms with E-state index < -0.39 is 5.97 Å². The van der Waals surface area contributed by atoms with Crippen molar-refractivity contribution in [1.82, 2.24) is 4.90 Å². The van der Waals surface area contributed by atoms with Crippen LogP contribution in [0, 0.1) is 0 Å². The third kappa shape index (κ3) is 6.71. The lowest BCUT2D eigenvalue weighted by molar-refractivity contribution is -0.129.